The number of rotatable bonds is 7. The summed E-state index contributed by atoms with van der Waals surface area (Å²) in [6.45, 7) is 2.56. The van der Waals surface area contributed by atoms with Crippen LogP contribution >= 0.6 is 0 Å². The molecule has 0 amide bonds. The summed E-state index contributed by atoms with van der Waals surface area (Å²) in [6, 6.07) is 5.68. The lowest BCUT2D eigenvalue weighted by molar-refractivity contribution is -0.143. The summed E-state index contributed by atoms with van der Waals surface area (Å²) in [5, 5.41) is 9.19. The van der Waals surface area contributed by atoms with Crippen LogP contribution in [0.4, 0.5) is 4.39 Å². The number of nitrogens with zero attached hydrogens (tertiary/aromatic N) is 1. The largest absolute Gasteiger partial charge is 0.480 e. The summed E-state index contributed by atoms with van der Waals surface area (Å²) in [5.41, 5.74) is 0.918. The smallest absolute Gasteiger partial charge is 0.320 e. The van der Waals surface area contributed by atoms with E-state index in [1.807, 2.05) is 6.92 Å². The Balaban J connectivity index is 2.63. The van der Waals surface area contributed by atoms with Gasteiger partial charge in [0.2, 0.25) is 0 Å². The molecular weight excluding hydrogens is 233 g/mol. The van der Waals surface area contributed by atoms with Gasteiger partial charge in [-0.3, -0.25) is 9.69 Å². The molecular formula is C14H20FNO2. The van der Waals surface area contributed by atoms with Crippen LogP contribution in [0, 0.1) is 5.82 Å². The SMILES string of the molecule is CCCCC(C(=O)O)N(C)Cc1ccc(F)cc1. The average molecular weight is 253 g/mol. The van der Waals surface area contributed by atoms with Crippen molar-refractivity contribution >= 4 is 5.97 Å². The van der Waals surface area contributed by atoms with E-state index in [1.54, 1.807) is 24.1 Å². The van der Waals surface area contributed by atoms with Crippen molar-refractivity contribution < 1.29 is 14.3 Å². The number of hydrogen-bond acceptors (Lipinski definition) is 2. The summed E-state index contributed by atoms with van der Waals surface area (Å²) in [4.78, 5) is 13.0. The Hall–Kier alpha value is -1.42. The van der Waals surface area contributed by atoms with Crippen LogP contribution in [0.15, 0.2) is 24.3 Å². The molecule has 0 saturated heterocycles. The van der Waals surface area contributed by atoms with E-state index in [4.69, 9.17) is 0 Å². The monoisotopic (exact) mass is 253 g/mol. The molecule has 18 heavy (non-hydrogen) atoms. The zero-order valence-corrected chi connectivity index (χ0v) is 10.9. The van der Waals surface area contributed by atoms with Gasteiger partial charge < -0.3 is 5.11 Å². The van der Waals surface area contributed by atoms with Crippen molar-refractivity contribution in [2.24, 2.45) is 0 Å². The first-order chi connectivity index (χ1) is 8.54. The second kappa shape index (κ2) is 7.11. The zero-order chi connectivity index (χ0) is 13.5. The van der Waals surface area contributed by atoms with E-state index in [0.717, 1.165) is 18.4 Å². The van der Waals surface area contributed by atoms with Crippen molar-refractivity contribution in [2.45, 2.75) is 38.8 Å². The van der Waals surface area contributed by atoms with Gasteiger partial charge in [-0.05, 0) is 31.2 Å². The third-order valence-corrected chi connectivity index (χ3v) is 2.99. The highest BCUT2D eigenvalue weighted by molar-refractivity contribution is 5.73. The van der Waals surface area contributed by atoms with Crippen LogP contribution in [0.5, 0.6) is 0 Å². The molecule has 1 aromatic carbocycles. The van der Waals surface area contributed by atoms with Gasteiger partial charge in [-0.25, -0.2) is 4.39 Å². The number of unbranched alkanes of at least 4 members (excludes halogenated alkanes) is 1. The predicted molar refractivity (Wildman–Crippen MR) is 68.8 cm³/mol. The molecule has 0 heterocycles. The van der Waals surface area contributed by atoms with Gasteiger partial charge in [0.25, 0.3) is 0 Å². The molecule has 0 saturated carbocycles. The van der Waals surface area contributed by atoms with Crippen LogP contribution in [-0.2, 0) is 11.3 Å². The summed E-state index contributed by atoms with van der Waals surface area (Å²) in [6.07, 6.45) is 2.52. The Kier molecular flexibility index (Phi) is 5.78. The van der Waals surface area contributed by atoms with Crippen LogP contribution in [0.25, 0.3) is 0 Å². The van der Waals surface area contributed by atoms with Gasteiger partial charge in [0.15, 0.2) is 0 Å². The summed E-state index contributed by atoms with van der Waals surface area (Å²) in [5.74, 6) is -1.07. The molecule has 1 atom stereocenters. The number of hydrogen-bond donors (Lipinski definition) is 1. The molecule has 0 aliphatic rings. The first-order valence-corrected chi connectivity index (χ1v) is 6.22. The van der Waals surface area contributed by atoms with E-state index in [2.05, 4.69) is 0 Å². The lowest BCUT2D eigenvalue weighted by Crippen LogP contribution is -2.37. The number of carbonyl (C=O) groups is 1. The van der Waals surface area contributed by atoms with Gasteiger partial charge in [-0.15, -0.1) is 0 Å². The van der Waals surface area contributed by atoms with Gasteiger partial charge in [-0.2, -0.15) is 0 Å². The third-order valence-electron chi connectivity index (χ3n) is 2.99. The maximum Gasteiger partial charge on any atom is 0.320 e. The van der Waals surface area contributed by atoms with Crippen LogP contribution < -0.4 is 0 Å². The number of likely N-dealkylation sites (N-methyl/N-ethyl adjacent to an activating group) is 1. The van der Waals surface area contributed by atoms with E-state index < -0.39 is 12.0 Å². The number of aliphatic carboxylic acids is 1. The standard InChI is InChI=1S/C14H20FNO2/c1-3-4-5-13(14(17)18)16(2)10-11-6-8-12(15)9-7-11/h6-9,13H,3-5,10H2,1-2H3,(H,17,18). The van der Waals surface area contributed by atoms with Crippen LogP contribution in [-0.4, -0.2) is 29.1 Å². The van der Waals surface area contributed by atoms with Crippen molar-refractivity contribution in [3.63, 3.8) is 0 Å². The van der Waals surface area contributed by atoms with E-state index in [0.29, 0.717) is 13.0 Å². The molecule has 1 aromatic rings. The van der Waals surface area contributed by atoms with E-state index >= 15 is 0 Å². The molecule has 1 unspecified atom stereocenters. The second-order valence-corrected chi connectivity index (χ2v) is 4.54. The summed E-state index contributed by atoms with van der Waals surface area (Å²) >= 11 is 0. The Morgan fingerprint density at radius 1 is 1.39 bits per heavy atom. The molecule has 0 bridgehead atoms. The van der Waals surface area contributed by atoms with Crippen molar-refractivity contribution in [2.75, 3.05) is 7.05 Å². The fourth-order valence-electron chi connectivity index (χ4n) is 1.92. The Morgan fingerprint density at radius 3 is 2.50 bits per heavy atom. The molecule has 0 radical (unpaired) electrons. The molecule has 0 fully saturated rings. The normalized spacial score (nSPS) is 12.7. The quantitative estimate of drug-likeness (QED) is 0.812. The van der Waals surface area contributed by atoms with Crippen LogP contribution in [0.1, 0.15) is 31.7 Å². The minimum absolute atomic E-state index is 0.276. The van der Waals surface area contributed by atoms with E-state index in [-0.39, 0.29) is 5.82 Å². The van der Waals surface area contributed by atoms with Crippen molar-refractivity contribution in [1.29, 1.82) is 0 Å². The minimum atomic E-state index is -0.798. The van der Waals surface area contributed by atoms with E-state index in [9.17, 15) is 14.3 Å². The zero-order valence-electron chi connectivity index (χ0n) is 10.9. The minimum Gasteiger partial charge on any atom is -0.480 e. The first-order valence-electron chi connectivity index (χ1n) is 6.22. The number of halogens is 1. The molecule has 100 valence electrons. The molecule has 0 spiro atoms. The van der Waals surface area contributed by atoms with Gasteiger partial charge in [0.1, 0.15) is 11.9 Å². The number of carboxylic acid groups (broad SMARTS) is 1. The highest BCUT2D eigenvalue weighted by atomic mass is 19.1. The molecule has 3 nitrogen and oxygen atoms in total. The highest BCUT2D eigenvalue weighted by Gasteiger charge is 2.21. The molecule has 1 rings (SSSR count). The molecule has 4 heteroatoms. The predicted octanol–water partition coefficient (Wildman–Crippen LogP) is 2.90. The van der Waals surface area contributed by atoms with Crippen molar-refractivity contribution in [3.05, 3.63) is 35.6 Å². The second-order valence-electron chi connectivity index (χ2n) is 4.54. The van der Waals surface area contributed by atoms with Gasteiger partial charge in [0, 0.05) is 6.54 Å². The number of carboxylic acids is 1. The van der Waals surface area contributed by atoms with Crippen molar-refractivity contribution in [3.8, 4) is 0 Å². The highest BCUT2D eigenvalue weighted by Crippen LogP contribution is 2.12. The first kappa shape index (κ1) is 14.6. The van der Waals surface area contributed by atoms with E-state index in [1.165, 1.54) is 12.1 Å². The fraction of sp³-hybridized carbons (Fsp3) is 0.500. The summed E-state index contributed by atoms with van der Waals surface area (Å²) < 4.78 is 12.8. The molecule has 0 aromatic heterocycles. The van der Waals surface area contributed by atoms with Crippen LogP contribution in [0.3, 0.4) is 0 Å². The van der Waals surface area contributed by atoms with Gasteiger partial charge in [-0.1, -0.05) is 31.9 Å². The van der Waals surface area contributed by atoms with Crippen molar-refractivity contribution in [1.82, 2.24) is 4.90 Å². The Morgan fingerprint density at radius 2 is 2.00 bits per heavy atom. The number of benzene rings is 1. The lowest BCUT2D eigenvalue weighted by atomic mass is 10.1. The maximum absolute atomic E-state index is 12.8. The Bertz CT molecular complexity index is 378. The maximum atomic E-state index is 12.8. The van der Waals surface area contributed by atoms with Gasteiger partial charge in [0.05, 0.1) is 0 Å². The van der Waals surface area contributed by atoms with Crippen LogP contribution in [0.2, 0.25) is 0 Å². The summed E-state index contributed by atoms with van der Waals surface area (Å²) in [7, 11) is 1.79. The third kappa shape index (κ3) is 4.45. The topological polar surface area (TPSA) is 40.5 Å². The molecule has 1 N–H and O–H groups in total. The lowest BCUT2D eigenvalue weighted by Gasteiger charge is -2.24. The molecule has 0 aliphatic heterocycles. The van der Waals surface area contributed by atoms with Gasteiger partial charge >= 0.3 is 5.97 Å². The average Bonchev–Trinajstić information content (AvgIpc) is 2.32. The fourth-order valence-corrected chi connectivity index (χ4v) is 1.92. The Labute approximate surface area is 107 Å². The molecule has 0 aliphatic carbocycles.